The molecule has 0 amide bonds. The van der Waals surface area contributed by atoms with Crippen molar-refractivity contribution in [3.8, 4) is 5.75 Å². The number of rotatable bonds is 2. The molecule has 2 atom stereocenters. The zero-order chi connectivity index (χ0) is 15.0. The van der Waals surface area contributed by atoms with E-state index in [1.54, 1.807) is 30.6 Å². The van der Waals surface area contributed by atoms with E-state index < -0.39 is 11.7 Å². The summed E-state index contributed by atoms with van der Waals surface area (Å²) in [6.07, 6.45) is 2.71. The number of aromatic nitrogens is 2. The van der Waals surface area contributed by atoms with Gasteiger partial charge in [-0.15, -0.1) is 0 Å². The minimum atomic E-state index is -0.707. The lowest BCUT2D eigenvalue weighted by molar-refractivity contribution is -0.0429. The van der Waals surface area contributed by atoms with Crippen molar-refractivity contribution in [1.82, 2.24) is 9.97 Å². The van der Waals surface area contributed by atoms with E-state index in [2.05, 4.69) is 14.8 Å². The average Bonchev–Trinajstić information content (AvgIpc) is 2.96. The molecule has 1 aromatic carbocycles. The fourth-order valence-electron chi connectivity index (χ4n) is 2.36. The van der Waals surface area contributed by atoms with Gasteiger partial charge in [0.15, 0.2) is 10.8 Å². The monoisotopic (exact) mass is 301 g/mol. The largest absolute Gasteiger partial charge is 0.485 e. The van der Waals surface area contributed by atoms with Crippen molar-refractivity contribution in [3.63, 3.8) is 0 Å². The highest BCUT2D eigenvalue weighted by Crippen LogP contribution is 2.49. The first kappa shape index (κ1) is 14.0. The molecule has 0 bridgehead atoms. The molecule has 2 N–H and O–H groups in total. The summed E-state index contributed by atoms with van der Waals surface area (Å²) < 4.78 is 5.88. The molecular weight excluding hydrogens is 286 g/mol. The Labute approximate surface area is 127 Å². The maximum Gasteiger partial charge on any atom is 0.187 e. The van der Waals surface area contributed by atoms with Gasteiger partial charge < -0.3 is 14.8 Å². The molecule has 5 nitrogen and oxygen atoms in total. The second-order valence-corrected chi connectivity index (χ2v) is 6.55. The third-order valence-corrected chi connectivity index (χ3v) is 4.72. The van der Waals surface area contributed by atoms with Crippen molar-refractivity contribution in [2.45, 2.75) is 36.0 Å². The Kier molecular flexibility index (Phi) is 3.40. The molecule has 3 rings (SSSR count). The Morgan fingerprint density at radius 3 is 2.95 bits per heavy atom. The summed E-state index contributed by atoms with van der Waals surface area (Å²) in [6, 6.07) is 5.31. The molecule has 0 radical (unpaired) electrons. The predicted molar refractivity (Wildman–Crippen MR) is 80.6 cm³/mol. The summed E-state index contributed by atoms with van der Waals surface area (Å²) in [5.41, 5.74) is 0.669. The summed E-state index contributed by atoms with van der Waals surface area (Å²) >= 11 is 1.44. The molecule has 0 saturated carbocycles. The number of thioether (sulfide) groups is 1. The molecule has 0 spiro atoms. The summed E-state index contributed by atoms with van der Waals surface area (Å²) in [5, 5.41) is 11.1. The lowest BCUT2D eigenvalue weighted by Crippen LogP contribution is -2.47. The molecule has 6 heteroatoms. The van der Waals surface area contributed by atoms with E-state index in [1.807, 2.05) is 13.8 Å². The van der Waals surface area contributed by atoms with Gasteiger partial charge in [-0.3, -0.25) is 0 Å². The van der Waals surface area contributed by atoms with Crippen molar-refractivity contribution in [1.29, 1.82) is 0 Å². The van der Waals surface area contributed by atoms with Gasteiger partial charge >= 0.3 is 0 Å². The molecule has 2 aromatic rings. The van der Waals surface area contributed by atoms with E-state index in [4.69, 9.17) is 11.3 Å². The molecular formula is C15H15N3O2S. The summed E-state index contributed by atoms with van der Waals surface area (Å²) in [6.45, 7) is 10.9. The second-order valence-electron chi connectivity index (χ2n) is 5.42. The molecule has 0 fully saturated rings. The van der Waals surface area contributed by atoms with Crippen LogP contribution in [-0.2, 0) is 0 Å². The minimum Gasteiger partial charge on any atom is -0.485 e. The highest BCUT2D eigenvalue weighted by molar-refractivity contribution is 7.99. The van der Waals surface area contributed by atoms with Crippen molar-refractivity contribution in [2.75, 3.05) is 0 Å². The van der Waals surface area contributed by atoms with E-state index in [9.17, 15) is 5.11 Å². The molecule has 1 aromatic heterocycles. The lowest BCUT2D eigenvalue weighted by Gasteiger charge is -2.41. The number of benzene rings is 1. The highest BCUT2D eigenvalue weighted by Gasteiger charge is 2.43. The van der Waals surface area contributed by atoms with Gasteiger partial charge in [-0.2, -0.15) is 0 Å². The van der Waals surface area contributed by atoms with E-state index in [0.717, 1.165) is 10.7 Å². The van der Waals surface area contributed by atoms with Crippen LogP contribution in [0.4, 0.5) is 5.69 Å². The molecule has 0 aliphatic carbocycles. The standard InChI is InChI=1S/C15H15N3O2S/c1-15(2)13(19)12(21-14-17-6-7-18-14)10-8-9(16-3)4-5-11(10)20-15/h4-8,12-13,19H,1-2H3,(H,17,18)/t12-,13+/m1/s1. The fraction of sp³-hybridized carbons (Fsp3) is 0.333. The number of aromatic amines is 1. The number of nitrogens with zero attached hydrogens (tertiary/aromatic N) is 2. The van der Waals surface area contributed by atoms with Crippen molar-refractivity contribution in [3.05, 3.63) is 47.6 Å². The third kappa shape index (κ3) is 2.50. The molecule has 0 saturated heterocycles. The Balaban J connectivity index is 2.06. The fourth-order valence-corrected chi connectivity index (χ4v) is 3.63. The SMILES string of the molecule is [C-]#[N+]c1ccc2c(c1)[C@@H](Sc1ncc[nH]1)[C@H](O)C(C)(C)O2. The van der Waals surface area contributed by atoms with E-state index in [1.165, 1.54) is 11.8 Å². The van der Waals surface area contributed by atoms with Crippen LogP contribution in [0, 0.1) is 6.57 Å². The second kappa shape index (κ2) is 5.10. The van der Waals surface area contributed by atoms with Crippen LogP contribution in [0.3, 0.4) is 0 Å². The van der Waals surface area contributed by atoms with Crippen LogP contribution in [0.25, 0.3) is 4.85 Å². The van der Waals surface area contributed by atoms with Gasteiger partial charge in [0.25, 0.3) is 0 Å². The smallest absolute Gasteiger partial charge is 0.187 e. The molecule has 21 heavy (non-hydrogen) atoms. The van der Waals surface area contributed by atoms with E-state index >= 15 is 0 Å². The van der Waals surface area contributed by atoms with E-state index in [-0.39, 0.29) is 5.25 Å². The maximum atomic E-state index is 10.6. The first-order valence-corrected chi connectivity index (χ1v) is 7.44. The van der Waals surface area contributed by atoms with Gasteiger partial charge in [0, 0.05) is 18.0 Å². The van der Waals surface area contributed by atoms with Gasteiger partial charge in [-0.25, -0.2) is 9.83 Å². The lowest BCUT2D eigenvalue weighted by atomic mass is 9.90. The number of fused-ring (bicyclic) bond motifs is 1. The number of hydrogen-bond donors (Lipinski definition) is 2. The zero-order valence-corrected chi connectivity index (χ0v) is 12.5. The molecule has 0 unspecified atom stereocenters. The first-order chi connectivity index (χ1) is 10.0. The molecule has 1 aliphatic rings. The quantitative estimate of drug-likeness (QED) is 0.835. The van der Waals surface area contributed by atoms with Gasteiger partial charge in [-0.1, -0.05) is 17.8 Å². The van der Waals surface area contributed by atoms with Crippen molar-refractivity contribution >= 4 is 17.4 Å². The highest BCUT2D eigenvalue weighted by atomic mass is 32.2. The predicted octanol–water partition coefficient (Wildman–Crippen LogP) is 3.33. The van der Waals surface area contributed by atoms with Crippen LogP contribution in [0.5, 0.6) is 5.75 Å². The molecule has 2 heterocycles. The van der Waals surface area contributed by atoms with Crippen LogP contribution in [0.1, 0.15) is 24.7 Å². The number of aliphatic hydroxyl groups is 1. The normalized spacial score (nSPS) is 23.0. The van der Waals surface area contributed by atoms with Crippen LogP contribution < -0.4 is 4.74 Å². The Morgan fingerprint density at radius 2 is 2.29 bits per heavy atom. The van der Waals surface area contributed by atoms with Crippen molar-refractivity contribution < 1.29 is 9.84 Å². The molecule has 1 aliphatic heterocycles. The topological polar surface area (TPSA) is 62.5 Å². The number of hydrogen-bond acceptors (Lipinski definition) is 4. The van der Waals surface area contributed by atoms with Gasteiger partial charge in [0.05, 0.1) is 11.8 Å². The van der Waals surface area contributed by atoms with Crippen LogP contribution in [-0.4, -0.2) is 26.8 Å². The number of H-pyrrole nitrogens is 1. The Hall–Kier alpha value is -1.97. The third-order valence-electron chi connectivity index (χ3n) is 3.51. The van der Waals surface area contributed by atoms with Gasteiger partial charge in [0.1, 0.15) is 17.5 Å². The Bertz CT molecular complexity index is 691. The van der Waals surface area contributed by atoms with E-state index in [0.29, 0.717) is 11.4 Å². The Morgan fingerprint density at radius 1 is 1.48 bits per heavy atom. The summed E-state index contributed by atoms with van der Waals surface area (Å²) in [4.78, 5) is 10.7. The minimum absolute atomic E-state index is 0.239. The zero-order valence-electron chi connectivity index (χ0n) is 11.7. The number of nitrogens with one attached hydrogen (secondary N) is 1. The van der Waals surface area contributed by atoms with Gasteiger partial charge in [0.2, 0.25) is 0 Å². The summed E-state index contributed by atoms with van der Waals surface area (Å²) in [5.74, 6) is 0.710. The molecule has 108 valence electrons. The maximum absolute atomic E-state index is 10.6. The number of ether oxygens (including phenoxy) is 1. The van der Waals surface area contributed by atoms with Crippen molar-refractivity contribution in [2.24, 2.45) is 0 Å². The summed E-state index contributed by atoms with van der Waals surface area (Å²) in [7, 11) is 0. The van der Waals surface area contributed by atoms with Crippen LogP contribution >= 0.6 is 11.8 Å². The first-order valence-electron chi connectivity index (χ1n) is 6.56. The van der Waals surface area contributed by atoms with Gasteiger partial charge in [-0.05, 0) is 26.0 Å². The van der Waals surface area contributed by atoms with Crippen LogP contribution in [0.15, 0.2) is 35.7 Å². The number of imidazole rings is 1. The number of aliphatic hydroxyl groups excluding tert-OH is 1. The van der Waals surface area contributed by atoms with Crippen LogP contribution in [0.2, 0.25) is 0 Å². The average molecular weight is 301 g/mol.